The fourth-order valence-corrected chi connectivity index (χ4v) is 2.31. The number of hydrogen-bond donors (Lipinski definition) is 2. The van der Waals surface area contributed by atoms with Crippen LogP contribution in [0.1, 0.15) is 51.7 Å². The minimum atomic E-state index is -0.939. The Morgan fingerprint density at radius 1 is 1.13 bits per heavy atom. The topological polar surface area (TPSA) is 75.6 Å². The molecule has 0 aliphatic carbocycles. The molecule has 0 saturated carbocycles. The molecule has 1 aromatic carbocycles. The highest BCUT2D eigenvalue weighted by Crippen LogP contribution is 2.24. The van der Waals surface area contributed by atoms with Crippen molar-refractivity contribution in [1.82, 2.24) is 5.32 Å². The van der Waals surface area contributed by atoms with E-state index in [1.807, 2.05) is 25.1 Å². The quantitative estimate of drug-likeness (QED) is 0.809. The van der Waals surface area contributed by atoms with Crippen LogP contribution in [0.4, 0.5) is 0 Å². The molecule has 0 heterocycles. The smallest absolute Gasteiger partial charge is 0.308 e. The normalized spacial score (nSPS) is 14.9. The van der Waals surface area contributed by atoms with E-state index in [0.717, 1.165) is 5.56 Å². The van der Waals surface area contributed by atoms with Crippen molar-refractivity contribution in [3.8, 4) is 5.75 Å². The average Bonchev–Trinajstić information content (AvgIpc) is 2.45. The number of carbonyl (C=O) groups excluding carboxylic acids is 1. The maximum Gasteiger partial charge on any atom is 0.308 e. The number of carboxylic acid groups (broad SMARTS) is 1. The second kappa shape index (κ2) is 7.99. The molecule has 0 radical (unpaired) electrons. The number of aliphatic carboxylic acids is 1. The Kier molecular flexibility index (Phi) is 6.61. The number of carbonyl (C=O) groups is 2. The largest absolute Gasteiger partial charge is 0.481 e. The lowest BCUT2D eigenvalue weighted by Crippen LogP contribution is -2.45. The summed E-state index contributed by atoms with van der Waals surface area (Å²) < 4.78 is 5.67. The number of benzene rings is 1. The molecule has 128 valence electrons. The molecular weight excluding hydrogens is 294 g/mol. The molecule has 5 heteroatoms. The van der Waals surface area contributed by atoms with Crippen LogP contribution in [0.5, 0.6) is 5.75 Å². The Labute approximate surface area is 138 Å². The lowest BCUT2D eigenvalue weighted by Gasteiger charge is -2.21. The summed E-state index contributed by atoms with van der Waals surface area (Å²) in [5, 5.41) is 11.6. The molecule has 3 atom stereocenters. The van der Waals surface area contributed by atoms with Crippen molar-refractivity contribution in [2.75, 3.05) is 0 Å². The van der Waals surface area contributed by atoms with E-state index in [9.17, 15) is 9.59 Å². The number of aryl methyl sites for hydroxylation is 1. The van der Waals surface area contributed by atoms with E-state index in [4.69, 9.17) is 9.84 Å². The second-order valence-corrected chi connectivity index (χ2v) is 6.36. The van der Waals surface area contributed by atoms with Gasteiger partial charge in [-0.15, -0.1) is 0 Å². The van der Waals surface area contributed by atoms with Gasteiger partial charge in [-0.25, -0.2) is 0 Å². The summed E-state index contributed by atoms with van der Waals surface area (Å²) >= 11 is 0. The first kappa shape index (κ1) is 19.0. The maximum atomic E-state index is 12.1. The lowest BCUT2D eigenvalue weighted by molar-refractivity contribution is -0.142. The van der Waals surface area contributed by atoms with Crippen LogP contribution >= 0.6 is 0 Å². The van der Waals surface area contributed by atoms with Gasteiger partial charge >= 0.3 is 5.97 Å². The van der Waals surface area contributed by atoms with Gasteiger partial charge in [0.15, 0.2) is 6.10 Å². The van der Waals surface area contributed by atoms with Gasteiger partial charge in [0, 0.05) is 6.04 Å². The molecule has 0 aliphatic heterocycles. The number of hydrogen-bond acceptors (Lipinski definition) is 3. The summed E-state index contributed by atoms with van der Waals surface area (Å²) in [6.07, 6.45) is -0.692. The molecule has 1 rings (SSSR count). The predicted octanol–water partition coefficient (Wildman–Crippen LogP) is 3.11. The van der Waals surface area contributed by atoms with Crippen molar-refractivity contribution < 1.29 is 19.4 Å². The van der Waals surface area contributed by atoms with Gasteiger partial charge in [-0.05, 0) is 56.9 Å². The van der Waals surface area contributed by atoms with E-state index in [2.05, 4.69) is 19.2 Å². The summed E-state index contributed by atoms with van der Waals surface area (Å²) in [6, 6.07) is 5.32. The SMILES string of the molecule is Cc1cc(OC(C)C(=O)NC(C)C(C)C(=O)O)ccc1C(C)C. The van der Waals surface area contributed by atoms with E-state index in [1.165, 1.54) is 5.56 Å². The first-order valence-electron chi connectivity index (χ1n) is 7.93. The number of amides is 1. The zero-order chi connectivity index (χ0) is 17.7. The molecule has 23 heavy (non-hydrogen) atoms. The minimum Gasteiger partial charge on any atom is -0.481 e. The van der Waals surface area contributed by atoms with Crippen molar-refractivity contribution in [3.05, 3.63) is 29.3 Å². The van der Waals surface area contributed by atoms with Gasteiger partial charge < -0.3 is 15.2 Å². The monoisotopic (exact) mass is 321 g/mol. The Balaban J connectivity index is 2.68. The molecule has 0 saturated heterocycles. The van der Waals surface area contributed by atoms with Crippen LogP contribution in [0.2, 0.25) is 0 Å². The molecule has 2 N–H and O–H groups in total. The summed E-state index contributed by atoms with van der Waals surface area (Å²) in [4.78, 5) is 23.0. The highest BCUT2D eigenvalue weighted by atomic mass is 16.5. The molecule has 0 spiro atoms. The van der Waals surface area contributed by atoms with E-state index in [1.54, 1.807) is 20.8 Å². The summed E-state index contributed by atoms with van der Waals surface area (Å²) in [5.41, 5.74) is 2.37. The first-order chi connectivity index (χ1) is 10.6. The Hall–Kier alpha value is -2.04. The number of nitrogens with one attached hydrogen (secondary N) is 1. The zero-order valence-corrected chi connectivity index (χ0v) is 14.7. The maximum absolute atomic E-state index is 12.1. The van der Waals surface area contributed by atoms with Crippen LogP contribution in [0, 0.1) is 12.8 Å². The van der Waals surface area contributed by atoms with Crippen LogP contribution in [0.25, 0.3) is 0 Å². The Bertz CT molecular complexity index is 568. The predicted molar refractivity (Wildman–Crippen MR) is 89.8 cm³/mol. The third kappa shape index (κ3) is 5.27. The number of ether oxygens (including phenoxy) is 1. The first-order valence-corrected chi connectivity index (χ1v) is 7.93. The summed E-state index contributed by atoms with van der Waals surface area (Å²) in [5.74, 6) is -0.849. The fourth-order valence-electron chi connectivity index (χ4n) is 2.31. The van der Waals surface area contributed by atoms with Gasteiger partial charge in [-0.1, -0.05) is 19.9 Å². The minimum absolute atomic E-state index is 0.323. The van der Waals surface area contributed by atoms with Crippen molar-refractivity contribution in [2.45, 2.75) is 59.6 Å². The highest BCUT2D eigenvalue weighted by Gasteiger charge is 2.24. The van der Waals surface area contributed by atoms with Gasteiger partial charge in [-0.2, -0.15) is 0 Å². The highest BCUT2D eigenvalue weighted by molar-refractivity contribution is 5.82. The van der Waals surface area contributed by atoms with E-state index >= 15 is 0 Å². The molecular formula is C18H27NO4. The standard InChI is InChI=1S/C18H27NO4/c1-10(2)16-8-7-15(9-11(16)3)23-14(6)17(20)19-13(5)12(4)18(21)22/h7-10,12-14H,1-6H3,(H,19,20)(H,21,22). The Morgan fingerprint density at radius 3 is 2.22 bits per heavy atom. The Morgan fingerprint density at radius 2 is 1.74 bits per heavy atom. The van der Waals surface area contributed by atoms with Crippen LogP contribution in [-0.2, 0) is 9.59 Å². The van der Waals surface area contributed by atoms with Crippen LogP contribution < -0.4 is 10.1 Å². The van der Waals surface area contributed by atoms with Crippen molar-refractivity contribution in [1.29, 1.82) is 0 Å². The molecule has 3 unspecified atom stereocenters. The van der Waals surface area contributed by atoms with E-state index < -0.39 is 24.0 Å². The molecule has 1 aromatic rings. The van der Waals surface area contributed by atoms with Crippen LogP contribution in [0.3, 0.4) is 0 Å². The van der Waals surface area contributed by atoms with Crippen molar-refractivity contribution in [2.24, 2.45) is 5.92 Å². The average molecular weight is 321 g/mol. The molecule has 0 aliphatic rings. The van der Waals surface area contributed by atoms with E-state index in [0.29, 0.717) is 11.7 Å². The van der Waals surface area contributed by atoms with E-state index in [-0.39, 0.29) is 5.91 Å². The third-order valence-electron chi connectivity index (χ3n) is 4.05. The molecule has 0 fully saturated rings. The van der Waals surface area contributed by atoms with Gasteiger partial charge in [0.2, 0.25) is 0 Å². The number of carboxylic acids is 1. The molecule has 1 amide bonds. The molecule has 5 nitrogen and oxygen atoms in total. The van der Waals surface area contributed by atoms with Gasteiger partial charge in [0.05, 0.1) is 5.92 Å². The molecule has 0 aromatic heterocycles. The number of rotatable bonds is 7. The molecule has 0 bridgehead atoms. The zero-order valence-electron chi connectivity index (χ0n) is 14.7. The van der Waals surface area contributed by atoms with Crippen molar-refractivity contribution in [3.63, 3.8) is 0 Å². The van der Waals surface area contributed by atoms with Crippen LogP contribution in [-0.4, -0.2) is 29.1 Å². The van der Waals surface area contributed by atoms with Gasteiger partial charge in [-0.3, -0.25) is 9.59 Å². The van der Waals surface area contributed by atoms with Gasteiger partial charge in [0.25, 0.3) is 5.91 Å². The van der Waals surface area contributed by atoms with Gasteiger partial charge in [0.1, 0.15) is 5.75 Å². The fraction of sp³-hybridized carbons (Fsp3) is 0.556. The summed E-state index contributed by atoms with van der Waals surface area (Å²) in [7, 11) is 0. The van der Waals surface area contributed by atoms with Crippen molar-refractivity contribution >= 4 is 11.9 Å². The van der Waals surface area contributed by atoms with Crippen LogP contribution in [0.15, 0.2) is 18.2 Å². The lowest BCUT2D eigenvalue weighted by atomic mass is 9.98. The third-order valence-corrected chi connectivity index (χ3v) is 4.05. The second-order valence-electron chi connectivity index (χ2n) is 6.36. The summed E-state index contributed by atoms with van der Waals surface area (Å²) in [6.45, 7) is 11.2.